The second kappa shape index (κ2) is 2.57. The number of rotatable bonds is 0. The van der Waals surface area contributed by atoms with E-state index in [-0.39, 0.29) is 12.2 Å². The molecule has 1 unspecified atom stereocenters. The quantitative estimate of drug-likeness (QED) is 0.620. The van der Waals surface area contributed by atoms with Crippen LogP contribution in [0.25, 0.3) is 0 Å². The molecule has 2 N–H and O–H groups in total. The highest BCUT2D eigenvalue weighted by molar-refractivity contribution is 9.11. The monoisotopic (exact) mass is 224 g/mol. The number of aliphatic hydroxyl groups excluding tert-OH is 1. The van der Waals surface area contributed by atoms with Crippen LogP contribution in [0.5, 0.6) is 0 Å². The molecule has 1 aliphatic rings. The topological polar surface area (TPSA) is 40.5 Å². The predicted molar refractivity (Wildman–Crippen MR) is 43.1 cm³/mol. The van der Waals surface area contributed by atoms with Gasteiger partial charge in [0, 0.05) is 6.42 Å². The molecule has 0 aliphatic heterocycles. The van der Waals surface area contributed by atoms with E-state index in [1.807, 2.05) is 0 Å². The van der Waals surface area contributed by atoms with Gasteiger partial charge in [-0.15, -0.1) is 0 Å². The summed E-state index contributed by atoms with van der Waals surface area (Å²) in [6.45, 7) is 0. The van der Waals surface area contributed by atoms with Crippen LogP contribution in [0.2, 0.25) is 0 Å². The van der Waals surface area contributed by atoms with E-state index in [0.29, 0.717) is 4.48 Å². The normalized spacial score (nSPS) is 33.1. The fourth-order valence-corrected chi connectivity index (χ4v) is 1.52. The van der Waals surface area contributed by atoms with Crippen molar-refractivity contribution in [3.63, 3.8) is 0 Å². The second-order valence-electron chi connectivity index (χ2n) is 2.10. The van der Waals surface area contributed by atoms with E-state index in [1.165, 1.54) is 12.2 Å². The highest BCUT2D eigenvalue weighted by Gasteiger charge is 2.24. The van der Waals surface area contributed by atoms with Gasteiger partial charge in [-0.25, -0.2) is 0 Å². The number of hydrogen-bond acceptors (Lipinski definition) is 2. The molecule has 0 amide bonds. The number of aliphatic hydroxyl groups is 2. The summed E-state index contributed by atoms with van der Waals surface area (Å²) in [7, 11) is 0. The van der Waals surface area contributed by atoms with Crippen molar-refractivity contribution < 1.29 is 10.2 Å². The second-order valence-corrected chi connectivity index (χ2v) is 3.61. The third-order valence-electron chi connectivity index (χ3n) is 1.17. The smallest absolute Gasteiger partial charge is 0.162 e. The molecule has 0 saturated heterocycles. The summed E-state index contributed by atoms with van der Waals surface area (Å²) >= 11 is 8.55. The zero-order valence-electron chi connectivity index (χ0n) is 5.01. The molecule has 1 rings (SSSR count). The molecule has 0 aromatic carbocycles. The molecule has 56 valence electrons. The van der Waals surface area contributed by atoms with E-state index in [4.69, 9.17) is 21.8 Å². The van der Waals surface area contributed by atoms with E-state index < -0.39 is 5.06 Å². The maximum Gasteiger partial charge on any atom is 0.162 e. The number of hydrogen-bond donors (Lipinski definition) is 2. The first-order valence-corrected chi connectivity index (χ1v) is 3.87. The van der Waals surface area contributed by atoms with Crippen molar-refractivity contribution in [3.05, 3.63) is 22.4 Å². The summed E-state index contributed by atoms with van der Waals surface area (Å²) in [6.07, 6.45) is 3.04. The first kappa shape index (κ1) is 8.11. The van der Waals surface area contributed by atoms with Crippen LogP contribution in [0.3, 0.4) is 0 Å². The Bertz CT molecular complexity index is 208. The lowest BCUT2D eigenvalue weighted by atomic mass is 10.1. The molecule has 0 heterocycles. The molecule has 0 radical (unpaired) electrons. The molecule has 0 spiro atoms. The minimum atomic E-state index is -1.34. The zero-order valence-corrected chi connectivity index (χ0v) is 7.35. The van der Waals surface area contributed by atoms with Crippen molar-refractivity contribution in [3.8, 4) is 0 Å². The third kappa shape index (κ3) is 1.75. The maximum absolute atomic E-state index is 9.17. The van der Waals surface area contributed by atoms with Crippen LogP contribution in [0.1, 0.15) is 6.42 Å². The minimum absolute atomic E-state index is 0.116. The summed E-state index contributed by atoms with van der Waals surface area (Å²) in [4.78, 5) is 0. The van der Waals surface area contributed by atoms with Crippen molar-refractivity contribution in [1.29, 1.82) is 0 Å². The molecule has 0 saturated carbocycles. The average molecular weight is 225 g/mol. The number of alkyl halides is 1. The molecule has 1 atom stereocenters. The highest BCUT2D eigenvalue weighted by atomic mass is 79.9. The van der Waals surface area contributed by atoms with Crippen LogP contribution in [0.15, 0.2) is 22.4 Å². The lowest BCUT2D eigenvalue weighted by molar-refractivity contribution is 0.178. The molecular weight excluding hydrogens is 219 g/mol. The van der Waals surface area contributed by atoms with Gasteiger partial charge >= 0.3 is 0 Å². The molecule has 0 bridgehead atoms. The Morgan fingerprint density at radius 1 is 1.70 bits per heavy atom. The van der Waals surface area contributed by atoms with E-state index in [0.717, 1.165) is 0 Å². The summed E-state index contributed by atoms with van der Waals surface area (Å²) in [5.41, 5.74) is 0. The summed E-state index contributed by atoms with van der Waals surface area (Å²) in [5, 5.41) is 16.8. The van der Waals surface area contributed by atoms with Crippen molar-refractivity contribution in [2.24, 2.45) is 0 Å². The van der Waals surface area contributed by atoms with Crippen molar-refractivity contribution in [2.45, 2.75) is 11.5 Å². The van der Waals surface area contributed by atoms with Gasteiger partial charge in [-0.2, -0.15) is 0 Å². The molecule has 0 aromatic heterocycles. The van der Waals surface area contributed by atoms with Gasteiger partial charge in [-0.1, -0.05) is 11.6 Å². The van der Waals surface area contributed by atoms with E-state index in [1.54, 1.807) is 0 Å². The van der Waals surface area contributed by atoms with Gasteiger partial charge in [0.2, 0.25) is 0 Å². The Morgan fingerprint density at radius 2 is 2.30 bits per heavy atom. The predicted octanol–water partition coefficient (Wildman–Crippen LogP) is 2.04. The van der Waals surface area contributed by atoms with Crippen LogP contribution in [0, 0.1) is 0 Å². The summed E-state index contributed by atoms with van der Waals surface area (Å²) in [5.74, 6) is 0.116. The fraction of sp³-hybridized carbons (Fsp3) is 0.333. The van der Waals surface area contributed by atoms with Crippen LogP contribution in [-0.4, -0.2) is 15.3 Å². The van der Waals surface area contributed by atoms with E-state index in [9.17, 15) is 0 Å². The van der Waals surface area contributed by atoms with Gasteiger partial charge in [0.1, 0.15) is 5.76 Å². The molecule has 1 aliphatic carbocycles. The Kier molecular flexibility index (Phi) is 2.08. The van der Waals surface area contributed by atoms with E-state index in [2.05, 4.69) is 15.9 Å². The van der Waals surface area contributed by atoms with E-state index >= 15 is 0 Å². The summed E-state index contributed by atoms with van der Waals surface area (Å²) < 4.78 is 0.427. The number of halogens is 2. The maximum atomic E-state index is 9.17. The van der Waals surface area contributed by atoms with Crippen molar-refractivity contribution in [1.82, 2.24) is 0 Å². The highest BCUT2D eigenvalue weighted by Crippen LogP contribution is 2.30. The van der Waals surface area contributed by atoms with Crippen LogP contribution < -0.4 is 0 Å². The largest absolute Gasteiger partial charge is 0.507 e. The van der Waals surface area contributed by atoms with Crippen LogP contribution in [0.4, 0.5) is 0 Å². The van der Waals surface area contributed by atoms with Gasteiger partial charge in [-0.3, -0.25) is 0 Å². The zero-order chi connectivity index (χ0) is 7.78. The molecule has 0 fully saturated rings. The van der Waals surface area contributed by atoms with Gasteiger partial charge in [0.15, 0.2) is 5.06 Å². The fourth-order valence-electron chi connectivity index (χ4n) is 0.664. The lowest BCUT2D eigenvalue weighted by Crippen LogP contribution is -2.19. The van der Waals surface area contributed by atoms with Gasteiger partial charge in [0.05, 0.1) is 4.48 Å². The number of allylic oxidation sites excluding steroid dienone is 1. The Balaban J connectivity index is 2.87. The van der Waals surface area contributed by atoms with Gasteiger partial charge < -0.3 is 10.2 Å². The SMILES string of the molecule is OC1=CCC(O)(Cl)C=C1Br. The first-order valence-electron chi connectivity index (χ1n) is 2.70. The first-order chi connectivity index (χ1) is 4.51. The Labute approximate surface area is 71.9 Å². The minimum Gasteiger partial charge on any atom is -0.507 e. The van der Waals surface area contributed by atoms with Crippen molar-refractivity contribution in [2.75, 3.05) is 0 Å². The molecule has 10 heavy (non-hydrogen) atoms. The third-order valence-corrected chi connectivity index (χ3v) is 2.07. The van der Waals surface area contributed by atoms with Crippen molar-refractivity contribution >= 4 is 27.5 Å². The molecule has 4 heteroatoms. The lowest BCUT2D eigenvalue weighted by Gasteiger charge is -2.18. The molecular formula is C6H6BrClO2. The standard InChI is InChI=1S/C6H6BrClO2/c7-4-3-6(8,10)2-1-5(4)9/h1,3,9-10H,2H2. The van der Waals surface area contributed by atoms with Crippen LogP contribution >= 0.6 is 27.5 Å². The van der Waals surface area contributed by atoms with Gasteiger partial charge in [0.25, 0.3) is 0 Å². The molecule has 0 aromatic rings. The van der Waals surface area contributed by atoms with Gasteiger partial charge in [-0.05, 0) is 28.1 Å². The Hall–Kier alpha value is 0.01000. The summed E-state index contributed by atoms with van der Waals surface area (Å²) in [6, 6.07) is 0. The Morgan fingerprint density at radius 3 is 2.70 bits per heavy atom. The van der Waals surface area contributed by atoms with Crippen LogP contribution in [-0.2, 0) is 0 Å². The molecule has 2 nitrogen and oxygen atoms in total. The average Bonchev–Trinajstić information content (AvgIpc) is 1.79.